The van der Waals surface area contributed by atoms with Gasteiger partial charge in [0.15, 0.2) is 0 Å². The number of halogens is 1. The standard InChI is InChI=1S/C28H33BrN2O/c29-26-15-13-24(14-16-26)20-31(19-23-11-9-22(18-30)10-12-23)21-25-5-4-8-28(17-25)32-27-6-2-1-3-7-27/h1-8,13-17,22-23H,9-12,18-21,30H2. The molecule has 1 aliphatic rings. The van der Waals surface area contributed by atoms with Crippen LogP contribution >= 0.6 is 15.9 Å². The number of nitrogens with zero attached hydrogens (tertiary/aromatic N) is 1. The number of hydrogen-bond donors (Lipinski definition) is 1. The Morgan fingerprint density at radius 1 is 0.750 bits per heavy atom. The van der Waals surface area contributed by atoms with E-state index in [1.54, 1.807) is 0 Å². The third-order valence-corrected chi connectivity index (χ3v) is 6.95. The van der Waals surface area contributed by atoms with Crippen molar-refractivity contribution in [1.29, 1.82) is 0 Å². The van der Waals surface area contributed by atoms with E-state index in [0.29, 0.717) is 0 Å². The van der Waals surface area contributed by atoms with Crippen LogP contribution in [0.2, 0.25) is 0 Å². The predicted octanol–water partition coefficient (Wildman–Crippen LogP) is 7.01. The highest BCUT2D eigenvalue weighted by Crippen LogP contribution is 2.30. The van der Waals surface area contributed by atoms with E-state index < -0.39 is 0 Å². The first-order valence-corrected chi connectivity index (χ1v) is 12.5. The number of rotatable bonds is 9. The van der Waals surface area contributed by atoms with E-state index in [4.69, 9.17) is 10.5 Å². The molecule has 4 heteroatoms. The van der Waals surface area contributed by atoms with Gasteiger partial charge in [0, 0.05) is 24.1 Å². The van der Waals surface area contributed by atoms with Crippen molar-refractivity contribution >= 4 is 15.9 Å². The van der Waals surface area contributed by atoms with E-state index in [-0.39, 0.29) is 0 Å². The second kappa shape index (κ2) is 11.6. The molecule has 2 N–H and O–H groups in total. The monoisotopic (exact) mass is 492 g/mol. The maximum Gasteiger partial charge on any atom is 0.127 e. The lowest BCUT2D eigenvalue weighted by molar-refractivity contribution is 0.170. The molecule has 0 aromatic heterocycles. The van der Waals surface area contributed by atoms with Gasteiger partial charge < -0.3 is 10.5 Å². The van der Waals surface area contributed by atoms with Crippen LogP contribution in [0.5, 0.6) is 11.5 Å². The molecule has 0 amide bonds. The number of nitrogens with two attached hydrogens (primary N) is 1. The maximum absolute atomic E-state index is 6.07. The lowest BCUT2D eigenvalue weighted by Crippen LogP contribution is -2.32. The maximum atomic E-state index is 6.07. The van der Waals surface area contributed by atoms with Crippen LogP contribution in [0.15, 0.2) is 83.3 Å². The van der Waals surface area contributed by atoms with Crippen LogP contribution in [0, 0.1) is 11.8 Å². The Morgan fingerprint density at radius 3 is 2.12 bits per heavy atom. The largest absolute Gasteiger partial charge is 0.457 e. The summed E-state index contributed by atoms with van der Waals surface area (Å²) in [6, 6.07) is 27.2. The first kappa shape index (κ1) is 23.0. The minimum absolute atomic E-state index is 0.720. The molecule has 0 heterocycles. The highest BCUT2D eigenvalue weighted by molar-refractivity contribution is 9.10. The van der Waals surface area contributed by atoms with Crippen molar-refractivity contribution in [2.75, 3.05) is 13.1 Å². The van der Waals surface area contributed by atoms with Crippen molar-refractivity contribution in [2.24, 2.45) is 17.6 Å². The van der Waals surface area contributed by atoms with Gasteiger partial charge in [0.1, 0.15) is 11.5 Å². The normalized spacial score (nSPS) is 18.6. The van der Waals surface area contributed by atoms with Crippen LogP contribution in [0.3, 0.4) is 0 Å². The van der Waals surface area contributed by atoms with Gasteiger partial charge in [0.25, 0.3) is 0 Å². The molecule has 0 atom stereocenters. The summed E-state index contributed by atoms with van der Waals surface area (Å²) in [5, 5.41) is 0. The summed E-state index contributed by atoms with van der Waals surface area (Å²) in [6.45, 7) is 3.83. The van der Waals surface area contributed by atoms with E-state index in [1.807, 2.05) is 36.4 Å². The van der Waals surface area contributed by atoms with Crippen molar-refractivity contribution in [3.63, 3.8) is 0 Å². The van der Waals surface area contributed by atoms with Gasteiger partial charge in [0.05, 0.1) is 0 Å². The lowest BCUT2D eigenvalue weighted by atomic mass is 9.82. The predicted molar refractivity (Wildman–Crippen MR) is 136 cm³/mol. The minimum atomic E-state index is 0.720. The molecule has 0 radical (unpaired) electrons. The summed E-state index contributed by atoms with van der Waals surface area (Å²) in [5.74, 6) is 3.23. The molecule has 0 aliphatic heterocycles. The highest BCUT2D eigenvalue weighted by atomic mass is 79.9. The summed E-state index contributed by atoms with van der Waals surface area (Å²) >= 11 is 3.55. The van der Waals surface area contributed by atoms with Crippen molar-refractivity contribution in [1.82, 2.24) is 4.90 Å². The molecule has 0 saturated heterocycles. The fourth-order valence-corrected chi connectivity index (χ4v) is 4.90. The van der Waals surface area contributed by atoms with Gasteiger partial charge in [-0.3, -0.25) is 4.90 Å². The zero-order valence-corrected chi connectivity index (χ0v) is 20.2. The van der Waals surface area contributed by atoms with E-state index in [1.165, 1.54) is 36.8 Å². The zero-order chi connectivity index (χ0) is 22.2. The molecule has 32 heavy (non-hydrogen) atoms. The van der Waals surface area contributed by atoms with Gasteiger partial charge in [-0.25, -0.2) is 0 Å². The summed E-state index contributed by atoms with van der Waals surface area (Å²) in [6.07, 6.45) is 5.12. The fraction of sp³-hybridized carbons (Fsp3) is 0.357. The molecule has 3 aromatic carbocycles. The zero-order valence-electron chi connectivity index (χ0n) is 18.6. The molecule has 3 nitrogen and oxygen atoms in total. The second-order valence-corrected chi connectivity index (χ2v) is 9.90. The van der Waals surface area contributed by atoms with E-state index in [0.717, 1.165) is 54.0 Å². The average Bonchev–Trinajstić information content (AvgIpc) is 2.82. The number of para-hydroxylation sites is 1. The smallest absolute Gasteiger partial charge is 0.127 e. The number of ether oxygens (including phenoxy) is 1. The first-order chi connectivity index (χ1) is 15.7. The van der Waals surface area contributed by atoms with Crippen LogP contribution in [0.4, 0.5) is 0 Å². The highest BCUT2D eigenvalue weighted by Gasteiger charge is 2.22. The Morgan fingerprint density at radius 2 is 1.41 bits per heavy atom. The Balaban J connectivity index is 1.45. The van der Waals surface area contributed by atoms with Crippen molar-refractivity contribution < 1.29 is 4.74 Å². The van der Waals surface area contributed by atoms with Crippen molar-refractivity contribution in [2.45, 2.75) is 38.8 Å². The molecule has 168 valence electrons. The van der Waals surface area contributed by atoms with E-state index >= 15 is 0 Å². The Hall–Kier alpha value is -2.14. The Bertz CT molecular complexity index is 953. The molecule has 1 fully saturated rings. The molecule has 1 saturated carbocycles. The van der Waals surface area contributed by atoms with E-state index in [2.05, 4.69) is 63.3 Å². The molecular weight excluding hydrogens is 460 g/mol. The average molecular weight is 493 g/mol. The molecule has 0 bridgehead atoms. The molecule has 4 rings (SSSR count). The SMILES string of the molecule is NCC1CCC(CN(Cc2ccc(Br)cc2)Cc2cccc(Oc3ccccc3)c2)CC1. The van der Waals surface area contributed by atoms with Crippen LogP contribution < -0.4 is 10.5 Å². The minimum Gasteiger partial charge on any atom is -0.457 e. The van der Waals surface area contributed by atoms with Gasteiger partial charge in [-0.1, -0.05) is 58.4 Å². The first-order valence-electron chi connectivity index (χ1n) is 11.7. The summed E-state index contributed by atoms with van der Waals surface area (Å²) in [4.78, 5) is 2.60. The topological polar surface area (TPSA) is 38.5 Å². The van der Waals surface area contributed by atoms with Crippen LogP contribution in [-0.2, 0) is 13.1 Å². The van der Waals surface area contributed by atoms with Crippen LogP contribution in [-0.4, -0.2) is 18.0 Å². The Labute approximate surface area is 200 Å². The lowest BCUT2D eigenvalue weighted by Gasteiger charge is -2.32. The van der Waals surface area contributed by atoms with Crippen molar-refractivity contribution in [3.05, 3.63) is 94.5 Å². The van der Waals surface area contributed by atoms with Gasteiger partial charge in [-0.05, 0) is 91.6 Å². The summed E-state index contributed by atoms with van der Waals surface area (Å²) < 4.78 is 7.19. The van der Waals surface area contributed by atoms with Gasteiger partial charge in [-0.2, -0.15) is 0 Å². The second-order valence-electron chi connectivity index (χ2n) is 8.98. The van der Waals surface area contributed by atoms with Crippen LogP contribution in [0.25, 0.3) is 0 Å². The fourth-order valence-electron chi connectivity index (χ4n) is 4.64. The third kappa shape index (κ3) is 6.93. The Kier molecular flexibility index (Phi) is 8.38. The number of benzene rings is 3. The third-order valence-electron chi connectivity index (χ3n) is 6.42. The van der Waals surface area contributed by atoms with E-state index in [9.17, 15) is 0 Å². The molecule has 1 aliphatic carbocycles. The van der Waals surface area contributed by atoms with Gasteiger partial charge in [-0.15, -0.1) is 0 Å². The molecule has 3 aromatic rings. The molecule has 0 unspecified atom stereocenters. The quantitative estimate of drug-likeness (QED) is 0.349. The molecular formula is C28H33BrN2O. The van der Waals surface area contributed by atoms with Gasteiger partial charge in [0.2, 0.25) is 0 Å². The van der Waals surface area contributed by atoms with Crippen molar-refractivity contribution in [3.8, 4) is 11.5 Å². The summed E-state index contributed by atoms with van der Waals surface area (Å²) in [7, 11) is 0. The van der Waals surface area contributed by atoms with Crippen LogP contribution in [0.1, 0.15) is 36.8 Å². The summed E-state index contributed by atoms with van der Waals surface area (Å²) in [5.41, 5.74) is 8.54. The number of hydrogen-bond acceptors (Lipinski definition) is 3. The van der Waals surface area contributed by atoms with Gasteiger partial charge >= 0.3 is 0 Å². The molecule has 0 spiro atoms.